The molecule has 0 aromatic heterocycles. The molecule has 1 N–H and O–H groups in total. The van der Waals surface area contributed by atoms with Crippen molar-refractivity contribution < 1.29 is 13.5 Å². The van der Waals surface area contributed by atoms with Gasteiger partial charge in [-0.25, -0.2) is 8.42 Å². The van der Waals surface area contributed by atoms with Crippen molar-refractivity contribution in [1.29, 1.82) is 0 Å². The number of phenols is 1. The summed E-state index contributed by atoms with van der Waals surface area (Å²) in [5.41, 5.74) is 0.437. The van der Waals surface area contributed by atoms with Crippen LogP contribution in [0.3, 0.4) is 0 Å². The maximum absolute atomic E-state index is 12.7. The molecule has 0 aliphatic carbocycles. The summed E-state index contributed by atoms with van der Waals surface area (Å²) in [4.78, 5) is 0.206. The van der Waals surface area contributed by atoms with Gasteiger partial charge in [-0.05, 0) is 37.3 Å². The van der Waals surface area contributed by atoms with Crippen LogP contribution in [0.1, 0.15) is 6.92 Å². The maximum atomic E-state index is 12.7. The van der Waals surface area contributed by atoms with Crippen LogP contribution in [0, 0.1) is 0 Å². The highest BCUT2D eigenvalue weighted by Crippen LogP contribution is 2.27. The lowest BCUT2D eigenvalue weighted by atomic mass is 10.3. The average molecular weight is 356 g/mol. The number of hydrogen-bond donors (Lipinski definition) is 1. The molecule has 4 nitrogen and oxygen atoms in total. The first-order chi connectivity index (χ1) is 9.45. The molecular formula is C14H14BrNO3S. The fourth-order valence-electron chi connectivity index (χ4n) is 1.89. The zero-order chi connectivity index (χ0) is 14.8. The Morgan fingerprint density at radius 1 is 1.15 bits per heavy atom. The van der Waals surface area contributed by atoms with Gasteiger partial charge in [0.15, 0.2) is 0 Å². The molecule has 0 bridgehead atoms. The fourth-order valence-corrected chi connectivity index (χ4v) is 3.96. The van der Waals surface area contributed by atoms with Gasteiger partial charge < -0.3 is 5.11 Å². The minimum Gasteiger partial charge on any atom is -0.508 e. The lowest BCUT2D eigenvalue weighted by Crippen LogP contribution is -2.30. The molecule has 0 saturated carbocycles. The van der Waals surface area contributed by atoms with Gasteiger partial charge in [-0.3, -0.25) is 4.31 Å². The van der Waals surface area contributed by atoms with Crippen molar-refractivity contribution in [2.24, 2.45) is 0 Å². The fraction of sp³-hybridized carbons (Fsp3) is 0.143. The summed E-state index contributed by atoms with van der Waals surface area (Å²) in [5, 5.41) is 9.51. The molecule has 2 rings (SSSR count). The van der Waals surface area contributed by atoms with E-state index in [9.17, 15) is 13.5 Å². The van der Waals surface area contributed by atoms with Crippen molar-refractivity contribution in [2.75, 3.05) is 10.8 Å². The van der Waals surface area contributed by atoms with E-state index < -0.39 is 10.0 Å². The minimum absolute atomic E-state index is 0.0328. The monoisotopic (exact) mass is 355 g/mol. The second-order valence-electron chi connectivity index (χ2n) is 4.15. The molecule has 20 heavy (non-hydrogen) atoms. The van der Waals surface area contributed by atoms with Gasteiger partial charge in [0, 0.05) is 17.1 Å². The third-order valence-corrected chi connectivity index (χ3v) is 5.18. The predicted molar refractivity (Wildman–Crippen MR) is 82.5 cm³/mol. The summed E-state index contributed by atoms with van der Waals surface area (Å²) >= 11 is 3.27. The van der Waals surface area contributed by atoms with Gasteiger partial charge in [0.05, 0.1) is 10.6 Å². The van der Waals surface area contributed by atoms with E-state index in [2.05, 4.69) is 15.9 Å². The Bertz CT molecular complexity index is 716. The van der Waals surface area contributed by atoms with Crippen LogP contribution < -0.4 is 4.31 Å². The summed E-state index contributed by atoms with van der Waals surface area (Å²) < 4.78 is 27.3. The van der Waals surface area contributed by atoms with Gasteiger partial charge >= 0.3 is 0 Å². The van der Waals surface area contributed by atoms with Gasteiger partial charge in [-0.2, -0.15) is 0 Å². The van der Waals surface area contributed by atoms with Crippen molar-refractivity contribution in [1.82, 2.24) is 0 Å². The van der Waals surface area contributed by atoms with Crippen molar-refractivity contribution in [3.05, 3.63) is 53.0 Å². The average Bonchev–Trinajstić information content (AvgIpc) is 2.39. The molecule has 2 aromatic carbocycles. The van der Waals surface area contributed by atoms with Gasteiger partial charge in [-0.15, -0.1) is 0 Å². The van der Waals surface area contributed by atoms with E-state index in [1.807, 2.05) is 0 Å². The number of rotatable bonds is 4. The zero-order valence-electron chi connectivity index (χ0n) is 10.8. The molecule has 0 spiro atoms. The Balaban J connectivity index is 2.50. The molecule has 0 unspecified atom stereocenters. The van der Waals surface area contributed by atoms with Crippen molar-refractivity contribution >= 4 is 31.6 Å². The maximum Gasteiger partial charge on any atom is 0.264 e. The molecule has 6 heteroatoms. The second-order valence-corrected chi connectivity index (χ2v) is 6.93. The van der Waals surface area contributed by atoms with Crippen LogP contribution in [0.25, 0.3) is 0 Å². The van der Waals surface area contributed by atoms with Crippen LogP contribution in [0.4, 0.5) is 5.69 Å². The number of halogens is 1. The topological polar surface area (TPSA) is 57.6 Å². The van der Waals surface area contributed by atoms with Gasteiger partial charge in [0.25, 0.3) is 10.0 Å². The molecule has 0 fully saturated rings. The van der Waals surface area contributed by atoms with Crippen LogP contribution in [-0.4, -0.2) is 20.1 Å². The first kappa shape index (κ1) is 14.9. The summed E-state index contributed by atoms with van der Waals surface area (Å²) in [6.07, 6.45) is 0. The lowest BCUT2D eigenvalue weighted by molar-refractivity contribution is 0.475. The quantitative estimate of drug-likeness (QED) is 0.914. The predicted octanol–water partition coefficient (Wildman–Crippen LogP) is 3.37. The van der Waals surface area contributed by atoms with Crippen molar-refractivity contribution in [2.45, 2.75) is 11.8 Å². The smallest absolute Gasteiger partial charge is 0.264 e. The second kappa shape index (κ2) is 5.85. The van der Waals surface area contributed by atoms with Crippen LogP contribution >= 0.6 is 15.9 Å². The van der Waals surface area contributed by atoms with E-state index in [1.54, 1.807) is 43.3 Å². The van der Waals surface area contributed by atoms with E-state index in [-0.39, 0.29) is 17.2 Å². The Hall–Kier alpha value is -1.53. The molecule has 0 atom stereocenters. The van der Waals surface area contributed by atoms with Crippen LogP contribution in [0.5, 0.6) is 5.75 Å². The number of hydrogen-bond acceptors (Lipinski definition) is 3. The van der Waals surface area contributed by atoms with Crippen molar-refractivity contribution in [3.63, 3.8) is 0 Å². The van der Waals surface area contributed by atoms with Crippen LogP contribution in [0.15, 0.2) is 57.9 Å². The first-order valence-corrected chi connectivity index (χ1v) is 8.26. The molecular weight excluding hydrogens is 342 g/mol. The molecule has 0 heterocycles. The highest BCUT2D eigenvalue weighted by molar-refractivity contribution is 9.10. The number of nitrogens with zero attached hydrogens (tertiary/aromatic N) is 1. The number of anilines is 1. The SMILES string of the molecule is CCN(c1cccc(O)c1)S(=O)(=O)c1cccc(Br)c1. The van der Waals surface area contributed by atoms with Gasteiger partial charge in [0.1, 0.15) is 5.75 Å². The van der Waals surface area contributed by atoms with Crippen LogP contribution in [-0.2, 0) is 10.0 Å². The zero-order valence-corrected chi connectivity index (χ0v) is 13.2. The molecule has 106 valence electrons. The number of sulfonamides is 1. The molecule has 0 amide bonds. The van der Waals surface area contributed by atoms with E-state index in [1.165, 1.54) is 16.4 Å². The number of aromatic hydroxyl groups is 1. The Morgan fingerprint density at radius 2 is 1.85 bits per heavy atom. The van der Waals surface area contributed by atoms with E-state index in [4.69, 9.17) is 0 Å². The number of phenolic OH excluding ortho intramolecular Hbond substituents is 1. The molecule has 0 saturated heterocycles. The summed E-state index contributed by atoms with van der Waals surface area (Å²) in [7, 11) is -3.65. The van der Waals surface area contributed by atoms with Gasteiger partial charge in [-0.1, -0.05) is 28.1 Å². The Labute approximate surface area is 126 Å². The summed E-state index contributed by atoms with van der Waals surface area (Å²) in [5.74, 6) is 0.0328. The lowest BCUT2D eigenvalue weighted by Gasteiger charge is -2.23. The third-order valence-electron chi connectivity index (χ3n) is 2.79. The normalized spacial score (nSPS) is 11.3. The highest BCUT2D eigenvalue weighted by Gasteiger charge is 2.23. The largest absolute Gasteiger partial charge is 0.508 e. The first-order valence-electron chi connectivity index (χ1n) is 6.02. The molecule has 0 aliphatic heterocycles. The Morgan fingerprint density at radius 3 is 2.45 bits per heavy atom. The molecule has 0 aliphatic rings. The van der Waals surface area contributed by atoms with Crippen molar-refractivity contribution in [3.8, 4) is 5.75 Å². The molecule has 0 radical (unpaired) electrons. The van der Waals surface area contributed by atoms with Crippen LogP contribution in [0.2, 0.25) is 0 Å². The third kappa shape index (κ3) is 2.96. The highest BCUT2D eigenvalue weighted by atomic mass is 79.9. The summed E-state index contributed by atoms with van der Waals surface area (Å²) in [6.45, 7) is 2.03. The standard InChI is InChI=1S/C14H14BrNO3S/c1-2-16(12-6-4-7-13(17)10-12)20(18,19)14-8-3-5-11(15)9-14/h3-10,17H,2H2,1H3. The van der Waals surface area contributed by atoms with E-state index >= 15 is 0 Å². The Kier molecular flexibility index (Phi) is 4.35. The molecule has 2 aromatic rings. The summed E-state index contributed by atoms with van der Waals surface area (Å²) in [6, 6.07) is 12.7. The van der Waals surface area contributed by atoms with E-state index in [0.717, 1.165) is 0 Å². The van der Waals surface area contributed by atoms with E-state index in [0.29, 0.717) is 10.2 Å². The minimum atomic E-state index is -3.65. The van der Waals surface area contributed by atoms with Gasteiger partial charge in [0.2, 0.25) is 0 Å². The number of benzene rings is 2.